The van der Waals surface area contributed by atoms with Gasteiger partial charge in [-0.05, 0) is 43.9 Å². The number of ether oxygens (including phenoxy) is 2. The first-order valence-electron chi connectivity index (χ1n) is 7.09. The second kappa shape index (κ2) is 5.63. The van der Waals surface area contributed by atoms with Gasteiger partial charge in [-0.1, -0.05) is 19.4 Å². The number of carbonyl (C=O) groups is 1. The van der Waals surface area contributed by atoms with E-state index >= 15 is 0 Å². The van der Waals surface area contributed by atoms with Gasteiger partial charge in [-0.25, -0.2) is 4.79 Å². The predicted octanol–water partition coefficient (Wildman–Crippen LogP) is 2.98. The fraction of sp³-hybridized carbons (Fsp3) is 0.800. The number of carboxylic acids is 1. The summed E-state index contributed by atoms with van der Waals surface area (Å²) in [6, 6.07) is 0. The zero-order valence-corrected chi connectivity index (χ0v) is 12.1. The molecule has 0 aromatic rings. The van der Waals surface area contributed by atoms with Crippen LogP contribution in [0.15, 0.2) is 11.1 Å². The van der Waals surface area contributed by atoms with Crippen LogP contribution in [0.4, 0.5) is 0 Å². The van der Waals surface area contributed by atoms with E-state index in [4.69, 9.17) is 14.6 Å². The van der Waals surface area contributed by atoms with Crippen molar-refractivity contribution in [3.05, 3.63) is 11.1 Å². The number of allylic oxidation sites excluding steroid dienone is 1. The number of rotatable bonds is 4. The van der Waals surface area contributed by atoms with Gasteiger partial charge in [0, 0.05) is 12.2 Å². The van der Waals surface area contributed by atoms with Crippen molar-refractivity contribution in [2.45, 2.75) is 52.7 Å². The molecule has 2 rings (SSSR count). The van der Waals surface area contributed by atoms with Gasteiger partial charge in [0.15, 0.2) is 6.29 Å². The highest BCUT2D eigenvalue weighted by atomic mass is 16.7. The van der Waals surface area contributed by atoms with E-state index in [9.17, 15) is 4.79 Å². The lowest BCUT2D eigenvalue weighted by molar-refractivity contribution is -0.177. The van der Waals surface area contributed by atoms with Crippen LogP contribution in [0.25, 0.3) is 0 Å². The Kier molecular flexibility index (Phi) is 4.31. The molecule has 1 aliphatic heterocycles. The van der Waals surface area contributed by atoms with Crippen LogP contribution in [-0.4, -0.2) is 30.6 Å². The lowest BCUT2D eigenvalue weighted by Crippen LogP contribution is -2.43. The maximum Gasteiger partial charge on any atom is 0.331 e. The van der Waals surface area contributed by atoms with Gasteiger partial charge in [-0.2, -0.15) is 0 Å². The molecule has 0 radical (unpaired) electrons. The molecule has 108 valence electrons. The first kappa shape index (κ1) is 14.5. The molecule has 4 nitrogen and oxygen atoms in total. The molecule has 1 saturated heterocycles. The van der Waals surface area contributed by atoms with E-state index in [1.165, 1.54) is 6.42 Å². The minimum Gasteiger partial charge on any atom is -0.478 e. The van der Waals surface area contributed by atoms with Crippen LogP contribution in [0.3, 0.4) is 0 Å². The average Bonchev–Trinajstić information content (AvgIpc) is 2.38. The molecular weight excluding hydrogens is 244 g/mol. The van der Waals surface area contributed by atoms with Gasteiger partial charge in [0.1, 0.15) is 0 Å². The van der Waals surface area contributed by atoms with Crippen molar-refractivity contribution in [1.82, 2.24) is 0 Å². The van der Waals surface area contributed by atoms with Gasteiger partial charge >= 0.3 is 5.97 Å². The van der Waals surface area contributed by atoms with Gasteiger partial charge < -0.3 is 14.6 Å². The molecule has 1 saturated carbocycles. The van der Waals surface area contributed by atoms with Crippen molar-refractivity contribution in [2.75, 3.05) is 13.2 Å². The summed E-state index contributed by atoms with van der Waals surface area (Å²) in [5.74, 6) is -0.416. The smallest absolute Gasteiger partial charge is 0.331 e. The minimum absolute atomic E-state index is 0.0573. The summed E-state index contributed by atoms with van der Waals surface area (Å²) < 4.78 is 11.4. The zero-order valence-electron chi connectivity index (χ0n) is 12.1. The van der Waals surface area contributed by atoms with Crippen molar-refractivity contribution in [3.8, 4) is 0 Å². The fourth-order valence-electron chi connectivity index (χ4n) is 2.98. The van der Waals surface area contributed by atoms with Crippen molar-refractivity contribution < 1.29 is 19.4 Å². The predicted molar refractivity (Wildman–Crippen MR) is 71.8 cm³/mol. The maximum absolute atomic E-state index is 11.0. The Hall–Kier alpha value is -0.870. The molecule has 0 spiro atoms. The maximum atomic E-state index is 11.0. The number of carboxylic acid groups (broad SMARTS) is 1. The molecule has 1 N–H and O–H groups in total. The molecule has 19 heavy (non-hydrogen) atoms. The summed E-state index contributed by atoms with van der Waals surface area (Å²) in [7, 11) is 0. The van der Waals surface area contributed by atoms with Crippen LogP contribution in [0.2, 0.25) is 0 Å². The van der Waals surface area contributed by atoms with Gasteiger partial charge in [0.2, 0.25) is 0 Å². The Labute approximate surface area is 114 Å². The van der Waals surface area contributed by atoms with Crippen molar-refractivity contribution in [3.63, 3.8) is 0 Å². The Morgan fingerprint density at radius 2 is 2.21 bits per heavy atom. The molecule has 0 amide bonds. The van der Waals surface area contributed by atoms with Crippen molar-refractivity contribution >= 4 is 5.97 Å². The lowest BCUT2D eigenvalue weighted by atomic mass is 9.57. The van der Waals surface area contributed by atoms with Crippen molar-refractivity contribution in [2.24, 2.45) is 11.3 Å². The standard InChI is InChI=1S/C15H24O4/c1-10(14(16)17)12-8-11(15(12,2)3)9-19-13-6-4-5-7-18-13/h11,13H,4-9H2,1-3H3,(H,16,17). The molecule has 0 aromatic heterocycles. The van der Waals surface area contributed by atoms with Crippen LogP contribution in [0, 0.1) is 11.3 Å². The fourth-order valence-corrected chi connectivity index (χ4v) is 2.98. The van der Waals surface area contributed by atoms with Crippen molar-refractivity contribution in [1.29, 1.82) is 0 Å². The third-order valence-corrected chi connectivity index (χ3v) is 4.64. The third kappa shape index (κ3) is 3.00. The molecule has 1 aliphatic carbocycles. The summed E-state index contributed by atoms with van der Waals surface area (Å²) in [5.41, 5.74) is 1.48. The van der Waals surface area contributed by atoms with Crippen LogP contribution in [-0.2, 0) is 14.3 Å². The normalized spacial score (nSPS) is 32.6. The lowest BCUT2D eigenvalue weighted by Gasteiger charge is -2.48. The molecule has 2 aliphatic rings. The average molecular weight is 268 g/mol. The van der Waals surface area contributed by atoms with E-state index in [0.29, 0.717) is 18.1 Å². The molecular formula is C15H24O4. The Morgan fingerprint density at radius 1 is 1.47 bits per heavy atom. The molecule has 2 atom stereocenters. The molecule has 0 aromatic carbocycles. The number of hydrogen-bond acceptors (Lipinski definition) is 3. The van der Waals surface area contributed by atoms with E-state index in [2.05, 4.69) is 13.8 Å². The molecule has 2 unspecified atom stereocenters. The summed E-state index contributed by atoms with van der Waals surface area (Å²) in [6.07, 6.45) is 4.04. The van der Waals surface area contributed by atoms with Crippen LogP contribution in [0.5, 0.6) is 0 Å². The Morgan fingerprint density at radius 3 is 2.74 bits per heavy atom. The van der Waals surface area contributed by atoms with Gasteiger partial charge in [0.05, 0.1) is 6.61 Å². The second-order valence-corrected chi connectivity index (χ2v) is 6.16. The summed E-state index contributed by atoms with van der Waals surface area (Å²) in [5, 5.41) is 9.06. The van der Waals surface area contributed by atoms with Crippen LogP contribution in [0.1, 0.15) is 46.5 Å². The Bertz CT molecular complexity index is 378. The molecule has 1 heterocycles. The van der Waals surface area contributed by atoms with E-state index in [1.807, 2.05) is 0 Å². The van der Waals surface area contributed by atoms with Crippen LogP contribution < -0.4 is 0 Å². The zero-order chi connectivity index (χ0) is 14.0. The van der Waals surface area contributed by atoms with Crippen LogP contribution >= 0.6 is 0 Å². The topological polar surface area (TPSA) is 55.8 Å². The highest BCUT2D eigenvalue weighted by molar-refractivity contribution is 5.87. The number of hydrogen-bond donors (Lipinski definition) is 1. The van der Waals surface area contributed by atoms with Gasteiger partial charge in [0.25, 0.3) is 0 Å². The minimum atomic E-state index is -0.807. The highest BCUT2D eigenvalue weighted by Gasteiger charge is 2.45. The second-order valence-electron chi connectivity index (χ2n) is 6.16. The van der Waals surface area contributed by atoms with E-state index < -0.39 is 5.97 Å². The van der Waals surface area contributed by atoms with E-state index in [0.717, 1.165) is 31.4 Å². The highest BCUT2D eigenvalue weighted by Crippen LogP contribution is 2.52. The largest absolute Gasteiger partial charge is 0.478 e. The molecule has 2 fully saturated rings. The SMILES string of the molecule is CC(C(=O)O)=C1CC(COC2CCCCO2)C1(C)C. The first-order valence-corrected chi connectivity index (χ1v) is 7.09. The summed E-state index contributed by atoms with van der Waals surface area (Å²) in [4.78, 5) is 11.0. The first-order chi connectivity index (χ1) is 8.93. The van der Waals surface area contributed by atoms with Gasteiger partial charge in [-0.3, -0.25) is 0 Å². The number of aliphatic carboxylic acids is 1. The quantitative estimate of drug-likeness (QED) is 0.796. The van der Waals surface area contributed by atoms with E-state index in [1.54, 1.807) is 6.92 Å². The summed E-state index contributed by atoms with van der Waals surface area (Å²) in [6.45, 7) is 7.36. The third-order valence-electron chi connectivity index (χ3n) is 4.64. The Balaban J connectivity index is 1.87. The summed E-state index contributed by atoms with van der Waals surface area (Å²) >= 11 is 0. The van der Waals surface area contributed by atoms with Gasteiger partial charge in [-0.15, -0.1) is 0 Å². The molecule has 0 bridgehead atoms. The monoisotopic (exact) mass is 268 g/mol. The molecule has 4 heteroatoms. The van der Waals surface area contributed by atoms with E-state index in [-0.39, 0.29) is 11.7 Å².